The molecule has 0 atom stereocenters. The summed E-state index contributed by atoms with van der Waals surface area (Å²) in [6.07, 6.45) is 1.22. The van der Waals surface area contributed by atoms with Crippen LogP contribution in [-0.2, 0) is 9.53 Å². The van der Waals surface area contributed by atoms with E-state index in [0.717, 1.165) is 60.0 Å². The van der Waals surface area contributed by atoms with Crippen molar-refractivity contribution in [3.8, 4) is 22.8 Å². The van der Waals surface area contributed by atoms with Crippen LogP contribution in [-0.4, -0.2) is 74.4 Å². The van der Waals surface area contributed by atoms with Gasteiger partial charge in [0.1, 0.15) is 18.1 Å². The molecule has 0 radical (unpaired) electrons. The maximum absolute atomic E-state index is 12.3. The smallest absolute Gasteiger partial charge is 0.247 e. The molecule has 0 spiro atoms. The Kier molecular flexibility index (Phi) is 8.74. The third kappa shape index (κ3) is 6.33. The fourth-order valence-electron chi connectivity index (χ4n) is 4.40. The Hall–Kier alpha value is -4.19. The second kappa shape index (κ2) is 12.8. The normalized spacial score (nSPS) is 13.6. The average molecular weight is 561 g/mol. The largest absolute Gasteiger partial charge is 0.494 e. The molecule has 11 heteroatoms. The van der Waals surface area contributed by atoms with Crippen LogP contribution in [0.4, 0.5) is 23.0 Å². The van der Waals surface area contributed by atoms with E-state index < -0.39 is 0 Å². The molecular formula is C29H32N6O4S. The Bertz CT molecular complexity index is 1500. The topological polar surface area (TPSA) is 110 Å². The molecule has 1 aliphatic rings. The summed E-state index contributed by atoms with van der Waals surface area (Å²) in [7, 11) is 3.47. The van der Waals surface area contributed by atoms with E-state index >= 15 is 0 Å². The maximum atomic E-state index is 12.3. The van der Waals surface area contributed by atoms with Crippen LogP contribution in [0.2, 0.25) is 0 Å². The van der Waals surface area contributed by atoms with Gasteiger partial charge in [-0.05, 0) is 35.7 Å². The minimum absolute atomic E-state index is 0.350. The van der Waals surface area contributed by atoms with E-state index in [1.807, 2.05) is 36.7 Å². The van der Waals surface area contributed by atoms with Crippen molar-refractivity contribution >= 4 is 50.5 Å². The van der Waals surface area contributed by atoms with Crippen LogP contribution in [0.3, 0.4) is 0 Å². The summed E-state index contributed by atoms with van der Waals surface area (Å²) in [6, 6.07) is 13.6. The molecule has 1 aliphatic heterocycles. The number of aromatic nitrogens is 2. The molecule has 40 heavy (non-hydrogen) atoms. The van der Waals surface area contributed by atoms with Crippen molar-refractivity contribution in [2.45, 2.75) is 0 Å². The maximum Gasteiger partial charge on any atom is 0.247 e. The van der Waals surface area contributed by atoms with Crippen LogP contribution in [0.25, 0.3) is 21.5 Å². The lowest BCUT2D eigenvalue weighted by atomic mass is 10.1. The Morgan fingerprint density at radius 1 is 1.15 bits per heavy atom. The Labute approximate surface area is 237 Å². The van der Waals surface area contributed by atoms with Crippen molar-refractivity contribution in [2.24, 2.45) is 0 Å². The number of carbonyl (C=O) groups excluding carboxylic acids is 1. The molecule has 0 bridgehead atoms. The predicted octanol–water partition coefficient (Wildman–Crippen LogP) is 4.99. The van der Waals surface area contributed by atoms with E-state index in [9.17, 15) is 4.79 Å². The highest BCUT2D eigenvalue weighted by molar-refractivity contribution is 7.17. The van der Waals surface area contributed by atoms with Crippen LogP contribution in [0, 0.1) is 0 Å². The molecule has 3 N–H and O–H groups in total. The number of nitrogens with one attached hydrogen (secondary N) is 3. The summed E-state index contributed by atoms with van der Waals surface area (Å²) in [6.45, 7) is 7.93. The summed E-state index contributed by atoms with van der Waals surface area (Å²) in [5, 5.41) is 11.3. The third-order valence-electron chi connectivity index (χ3n) is 6.49. The molecule has 1 fully saturated rings. The fourth-order valence-corrected chi connectivity index (χ4v) is 5.24. The van der Waals surface area contributed by atoms with Crippen LogP contribution in [0.5, 0.6) is 11.5 Å². The highest BCUT2D eigenvalue weighted by Gasteiger charge is 2.18. The number of methoxy groups -OCH3 is 1. The van der Waals surface area contributed by atoms with E-state index in [2.05, 4.69) is 33.5 Å². The fraction of sp³-hybridized carbons (Fsp3) is 0.276. The number of morpholine rings is 1. The van der Waals surface area contributed by atoms with E-state index in [1.165, 1.54) is 6.08 Å². The number of benzene rings is 2. The molecule has 5 rings (SSSR count). The van der Waals surface area contributed by atoms with E-state index in [4.69, 9.17) is 24.2 Å². The van der Waals surface area contributed by atoms with Gasteiger partial charge in [-0.2, -0.15) is 0 Å². The van der Waals surface area contributed by atoms with Crippen molar-refractivity contribution in [1.82, 2.24) is 14.9 Å². The van der Waals surface area contributed by atoms with Gasteiger partial charge in [0.25, 0.3) is 0 Å². The summed E-state index contributed by atoms with van der Waals surface area (Å²) < 4.78 is 18.2. The first-order chi connectivity index (χ1) is 19.6. The average Bonchev–Trinajstić information content (AvgIpc) is 3.47. The summed E-state index contributed by atoms with van der Waals surface area (Å²) in [5.74, 6) is 1.06. The predicted molar refractivity (Wildman–Crippen MR) is 160 cm³/mol. The lowest BCUT2D eigenvalue weighted by Gasteiger charge is -2.26. The van der Waals surface area contributed by atoms with Crippen LogP contribution < -0.4 is 25.4 Å². The SMILES string of the molecule is C=CC(=O)Nc1cc(Nc2nc(-c3cccc(NC)c3)c3sccc3n2)c(OC)cc1OCCN1CCOCC1. The van der Waals surface area contributed by atoms with Crippen LogP contribution in [0.15, 0.2) is 60.5 Å². The number of rotatable bonds is 11. The number of amides is 1. The molecule has 0 saturated carbocycles. The molecule has 10 nitrogen and oxygen atoms in total. The Morgan fingerprint density at radius 2 is 2.00 bits per heavy atom. The zero-order valence-corrected chi connectivity index (χ0v) is 23.3. The van der Waals surface area contributed by atoms with Gasteiger partial charge in [-0.1, -0.05) is 18.7 Å². The first kappa shape index (κ1) is 27.4. The minimum Gasteiger partial charge on any atom is -0.494 e. The van der Waals surface area contributed by atoms with Gasteiger partial charge in [-0.15, -0.1) is 11.3 Å². The number of hydrogen-bond donors (Lipinski definition) is 3. The molecule has 0 aliphatic carbocycles. The van der Waals surface area contributed by atoms with E-state index in [-0.39, 0.29) is 5.91 Å². The molecule has 208 valence electrons. The van der Waals surface area contributed by atoms with Crippen molar-refractivity contribution in [2.75, 3.05) is 69.6 Å². The number of thiophene rings is 1. The summed E-state index contributed by atoms with van der Waals surface area (Å²) in [4.78, 5) is 24.1. The van der Waals surface area contributed by atoms with Crippen molar-refractivity contribution in [3.63, 3.8) is 0 Å². The molecule has 1 amide bonds. The van der Waals surface area contributed by atoms with Gasteiger partial charge >= 0.3 is 0 Å². The first-order valence-corrected chi connectivity index (χ1v) is 13.8. The molecule has 2 aromatic heterocycles. The Balaban J connectivity index is 1.46. The quantitative estimate of drug-likeness (QED) is 0.219. The monoisotopic (exact) mass is 560 g/mol. The standard InChI is InChI=1S/C29H32N6O4S/c1-4-26(36)31-23-17-22(24(37-3)18-25(23)39-14-11-35-9-12-38-13-10-35)33-29-32-21-8-15-40-28(21)27(34-29)19-6-5-7-20(16-19)30-2/h4-8,15-18,30H,1,9-14H2,2-3H3,(H,31,36)(H,32,33,34). The molecule has 2 aromatic carbocycles. The second-order valence-corrected chi connectivity index (χ2v) is 9.95. The highest BCUT2D eigenvalue weighted by Crippen LogP contribution is 2.39. The van der Waals surface area contributed by atoms with Crippen LogP contribution in [0.1, 0.15) is 0 Å². The van der Waals surface area contributed by atoms with Gasteiger partial charge < -0.3 is 30.2 Å². The molecule has 0 unspecified atom stereocenters. The van der Waals surface area contributed by atoms with Gasteiger partial charge in [0, 0.05) is 44.0 Å². The number of anilines is 4. The summed E-state index contributed by atoms with van der Waals surface area (Å²) >= 11 is 1.59. The highest BCUT2D eigenvalue weighted by atomic mass is 32.1. The van der Waals surface area contributed by atoms with E-state index in [1.54, 1.807) is 30.6 Å². The van der Waals surface area contributed by atoms with Crippen molar-refractivity contribution < 1.29 is 19.0 Å². The molecular weight excluding hydrogens is 528 g/mol. The van der Waals surface area contributed by atoms with Gasteiger partial charge in [0.2, 0.25) is 11.9 Å². The number of carbonyl (C=O) groups is 1. The second-order valence-electron chi connectivity index (χ2n) is 9.03. The molecule has 4 aromatic rings. The number of hydrogen-bond acceptors (Lipinski definition) is 10. The van der Waals surface area contributed by atoms with E-state index in [0.29, 0.717) is 35.4 Å². The molecule has 1 saturated heterocycles. The van der Waals surface area contributed by atoms with Gasteiger partial charge in [-0.25, -0.2) is 9.97 Å². The van der Waals surface area contributed by atoms with Gasteiger partial charge in [0.15, 0.2) is 0 Å². The van der Waals surface area contributed by atoms with Crippen molar-refractivity contribution in [1.29, 1.82) is 0 Å². The van der Waals surface area contributed by atoms with Gasteiger partial charge in [-0.3, -0.25) is 9.69 Å². The number of ether oxygens (including phenoxy) is 3. The van der Waals surface area contributed by atoms with Crippen LogP contribution >= 0.6 is 11.3 Å². The van der Waals surface area contributed by atoms with Gasteiger partial charge in [0.05, 0.1) is 47.6 Å². The number of fused-ring (bicyclic) bond motifs is 1. The number of nitrogens with zero attached hydrogens (tertiary/aromatic N) is 3. The lowest BCUT2D eigenvalue weighted by Crippen LogP contribution is -2.38. The molecule has 3 heterocycles. The summed E-state index contributed by atoms with van der Waals surface area (Å²) in [5.41, 5.74) is 4.67. The zero-order valence-electron chi connectivity index (χ0n) is 22.5. The minimum atomic E-state index is -0.350. The van der Waals surface area contributed by atoms with Crippen molar-refractivity contribution in [3.05, 3.63) is 60.5 Å². The Morgan fingerprint density at radius 3 is 2.77 bits per heavy atom. The first-order valence-electron chi connectivity index (χ1n) is 13.0. The third-order valence-corrected chi connectivity index (χ3v) is 7.40. The lowest BCUT2D eigenvalue weighted by molar-refractivity contribution is -0.111. The zero-order chi connectivity index (χ0) is 27.9.